The normalized spacial score (nSPS) is 11.9. The predicted octanol–water partition coefficient (Wildman–Crippen LogP) is 12.6. The molecule has 1 aromatic heterocycles. The molecule has 0 spiro atoms. The quantitative estimate of drug-likeness (QED) is 0.154. The van der Waals surface area contributed by atoms with Gasteiger partial charge in [0.05, 0.1) is 11.0 Å². The van der Waals surface area contributed by atoms with E-state index in [0.29, 0.717) is 0 Å². The van der Waals surface area contributed by atoms with Crippen molar-refractivity contribution in [2.45, 2.75) is 6.92 Å². The first-order valence-electron chi connectivity index (χ1n) is 16.8. The highest BCUT2D eigenvalue weighted by atomic mass is 14.7. The third-order valence-corrected chi connectivity index (χ3v) is 10.4. The zero-order valence-corrected chi connectivity index (χ0v) is 27.0. The van der Waals surface area contributed by atoms with Crippen LogP contribution in [0.25, 0.3) is 99.0 Å². The van der Waals surface area contributed by atoms with E-state index in [-0.39, 0.29) is 0 Å². The molecule has 0 fully saturated rings. The Balaban J connectivity index is 1.38. The number of benzene rings is 8. The van der Waals surface area contributed by atoms with E-state index in [2.05, 4.69) is 159 Å². The Morgan fingerprint density at radius 1 is 0.429 bits per heavy atom. The van der Waals surface area contributed by atoms with Crippen LogP contribution in [0.2, 0.25) is 0 Å². The summed E-state index contributed by atoms with van der Waals surface area (Å²) in [6, 6.07) is 54.9. The summed E-state index contributed by atoms with van der Waals surface area (Å²) in [6.07, 6.45) is 1.46. The number of fused-ring (bicyclic) bond motifs is 6. The lowest BCUT2D eigenvalue weighted by Crippen LogP contribution is -1.94. The molecule has 1 N–H and O–H groups in total. The molecule has 10 rings (SSSR count). The number of nitrogens with zero attached hydrogens (tertiary/aromatic N) is 1. The Morgan fingerprint density at radius 2 is 0.980 bits per heavy atom. The van der Waals surface area contributed by atoms with Gasteiger partial charge in [-0.25, -0.2) is 4.98 Å². The molecule has 0 amide bonds. The second-order valence-electron chi connectivity index (χ2n) is 13.0. The van der Waals surface area contributed by atoms with Gasteiger partial charge in [-0.05, 0) is 108 Å². The molecule has 1 aliphatic rings. The Morgan fingerprint density at radius 3 is 1.63 bits per heavy atom. The molecule has 0 bridgehead atoms. The van der Waals surface area contributed by atoms with Crippen LogP contribution in [0.15, 0.2) is 152 Å². The lowest BCUT2D eigenvalue weighted by Gasteiger charge is -2.20. The largest absolute Gasteiger partial charge is 0.308 e. The number of para-hydroxylation sites is 1. The van der Waals surface area contributed by atoms with Crippen molar-refractivity contribution in [3.05, 3.63) is 163 Å². The lowest BCUT2D eigenvalue weighted by atomic mass is 9.82. The number of aromatic nitrogens is 1. The van der Waals surface area contributed by atoms with E-state index in [0.717, 1.165) is 32.9 Å². The highest BCUT2D eigenvalue weighted by Crippen LogP contribution is 2.58. The van der Waals surface area contributed by atoms with Crippen LogP contribution < -0.4 is 0 Å². The molecule has 0 saturated heterocycles. The zero-order valence-electron chi connectivity index (χ0n) is 27.0. The average molecular weight is 623 g/mol. The molecule has 0 radical (unpaired) electrons. The van der Waals surface area contributed by atoms with Gasteiger partial charge in [0.2, 0.25) is 0 Å². The molecule has 8 aromatic carbocycles. The minimum Gasteiger partial charge on any atom is -0.308 e. The minimum absolute atomic E-state index is 0.913. The third kappa shape index (κ3) is 3.95. The first-order chi connectivity index (χ1) is 24.2. The fourth-order valence-corrected chi connectivity index (χ4v) is 8.33. The van der Waals surface area contributed by atoms with E-state index in [1.54, 1.807) is 0 Å². The van der Waals surface area contributed by atoms with Crippen molar-refractivity contribution in [3.8, 4) is 55.6 Å². The topological polar surface area (TPSA) is 36.7 Å². The Labute approximate surface area is 284 Å². The summed E-state index contributed by atoms with van der Waals surface area (Å²) >= 11 is 0. The number of nitrogens with one attached hydrogen (secondary N) is 1. The summed E-state index contributed by atoms with van der Waals surface area (Å²) in [6.45, 7) is 2.06. The summed E-state index contributed by atoms with van der Waals surface area (Å²) in [7, 11) is 0. The van der Waals surface area contributed by atoms with E-state index >= 15 is 0 Å². The maximum atomic E-state index is 8.17. The standard InChI is InChI=1S/C47H30N2/c1-28-25-41-39(26-31(28)27-48)44(36-19-10-11-22-40(36)49-41)35-23-24-38-45-34(35)20-12-21-37(45)46-42(29-13-4-2-5-14-29)32-17-8-9-18-33(32)43(47(38)46)30-15-6-3-7-16-30/h2-27,48H,1H3. The van der Waals surface area contributed by atoms with Crippen molar-refractivity contribution in [3.63, 3.8) is 0 Å². The van der Waals surface area contributed by atoms with E-state index in [9.17, 15) is 0 Å². The van der Waals surface area contributed by atoms with Gasteiger partial charge in [-0.3, -0.25) is 0 Å². The summed E-state index contributed by atoms with van der Waals surface area (Å²) < 4.78 is 0. The highest BCUT2D eigenvalue weighted by molar-refractivity contribution is 6.30. The van der Waals surface area contributed by atoms with Gasteiger partial charge in [0.15, 0.2) is 0 Å². The molecule has 2 nitrogen and oxygen atoms in total. The summed E-state index contributed by atoms with van der Waals surface area (Å²) in [5.41, 5.74) is 16.4. The van der Waals surface area contributed by atoms with Crippen LogP contribution in [0.3, 0.4) is 0 Å². The number of pyridine rings is 1. The van der Waals surface area contributed by atoms with Crippen LogP contribution in [0.5, 0.6) is 0 Å². The monoisotopic (exact) mass is 622 g/mol. The minimum atomic E-state index is 0.913. The van der Waals surface area contributed by atoms with Gasteiger partial charge in [-0.15, -0.1) is 0 Å². The Kier molecular flexibility index (Phi) is 5.97. The van der Waals surface area contributed by atoms with Gasteiger partial charge in [0.25, 0.3) is 0 Å². The van der Waals surface area contributed by atoms with Crippen molar-refractivity contribution in [1.29, 1.82) is 5.41 Å². The van der Waals surface area contributed by atoms with Gasteiger partial charge >= 0.3 is 0 Å². The van der Waals surface area contributed by atoms with Crippen LogP contribution in [0.1, 0.15) is 11.1 Å². The van der Waals surface area contributed by atoms with Crippen LogP contribution >= 0.6 is 0 Å². The van der Waals surface area contributed by atoms with Crippen LogP contribution in [-0.2, 0) is 0 Å². The molecule has 49 heavy (non-hydrogen) atoms. The number of aryl methyl sites for hydroxylation is 1. The Bertz CT molecular complexity index is 2740. The molecule has 228 valence electrons. The van der Waals surface area contributed by atoms with Crippen LogP contribution in [0.4, 0.5) is 0 Å². The van der Waals surface area contributed by atoms with E-state index < -0.39 is 0 Å². The molecule has 0 unspecified atom stereocenters. The van der Waals surface area contributed by atoms with E-state index in [1.165, 1.54) is 83.4 Å². The number of hydrogen-bond donors (Lipinski definition) is 1. The summed E-state index contributed by atoms with van der Waals surface area (Å²) in [4.78, 5) is 5.11. The first-order valence-corrected chi connectivity index (χ1v) is 16.8. The Hall–Kier alpha value is -6.38. The third-order valence-electron chi connectivity index (χ3n) is 10.4. The highest BCUT2D eigenvalue weighted by Gasteiger charge is 2.31. The fraction of sp³-hybridized carbons (Fsp3) is 0.0213. The second-order valence-corrected chi connectivity index (χ2v) is 13.0. The molecule has 0 saturated carbocycles. The van der Waals surface area contributed by atoms with Crippen molar-refractivity contribution in [2.24, 2.45) is 0 Å². The van der Waals surface area contributed by atoms with Gasteiger partial charge < -0.3 is 5.41 Å². The summed E-state index contributed by atoms with van der Waals surface area (Å²) in [5.74, 6) is 0. The van der Waals surface area contributed by atoms with E-state index in [4.69, 9.17) is 10.4 Å². The van der Waals surface area contributed by atoms with Gasteiger partial charge in [-0.1, -0.05) is 133 Å². The first kappa shape index (κ1) is 27.7. The average Bonchev–Trinajstić information content (AvgIpc) is 3.48. The molecular formula is C47H30N2. The fourth-order valence-electron chi connectivity index (χ4n) is 8.33. The molecule has 1 heterocycles. The number of hydrogen-bond acceptors (Lipinski definition) is 2. The second kappa shape index (κ2) is 10.6. The van der Waals surface area contributed by atoms with Crippen molar-refractivity contribution < 1.29 is 0 Å². The summed E-state index contributed by atoms with van der Waals surface area (Å²) in [5, 5.41) is 15.4. The van der Waals surface area contributed by atoms with Gasteiger partial charge in [0, 0.05) is 22.6 Å². The molecule has 0 atom stereocenters. The van der Waals surface area contributed by atoms with Crippen LogP contribution in [-0.4, -0.2) is 11.2 Å². The molecule has 9 aromatic rings. The SMILES string of the molecule is Cc1cc2nc3ccccc3c(-c3ccc4c5c(cccc35)-c3c-4c(-c4ccccc4)c4ccccc4c3-c3ccccc3)c2cc1C=N. The maximum absolute atomic E-state index is 8.17. The predicted molar refractivity (Wildman–Crippen MR) is 208 cm³/mol. The lowest BCUT2D eigenvalue weighted by molar-refractivity contribution is 1.42. The molecule has 0 aliphatic heterocycles. The zero-order chi connectivity index (χ0) is 32.6. The van der Waals surface area contributed by atoms with Gasteiger partial charge in [0.1, 0.15) is 0 Å². The molecular weight excluding hydrogens is 593 g/mol. The molecule has 2 heteroatoms. The smallest absolute Gasteiger partial charge is 0.0719 e. The number of rotatable bonds is 4. The maximum Gasteiger partial charge on any atom is 0.0719 e. The van der Waals surface area contributed by atoms with Crippen molar-refractivity contribution in [2.75, 3.05) is 0 Å². The van der Waals surface area contributed by atoms with Gasteiger partial charge in [-0.2, -0.15) is 0 Å². The van der Waals surface area contributed by atoms with Crippen molar-refractivity contribution in [1.82, 2.24) is 4.98 Å². The molecule has 1 aliphatic carbocycles. The van der Waals surface area contributed by atoms with Crippen molar-refractivity contribution >= 4 is 49.6 Å². The van der Waals surface area contributed by atoms with E-state index in [1.807, 2.05) is 0 Å². The van der Waals surface area contributed by atoms with Crippen LogP contribution in [0, 0.1) is 12.3 Å².